The normalized spacial score (nSPS) is 12.9. The summed E-state index contributed by atoms with van der Waals surface area (Å²) >= 11 is 0. The fourth-order valence-electron chi connectivity index (χ4n) is 7.46. The highest BCUT2D eigenvalue weighted by Crippen LogP contribution is 2.14. The molecule has 0 heterocycles. The second-order valence-corrected chi connectivity index (χ2v) is 18.5. The molecule has 6 heteroatoms. The molecule has 0 aliphatic heterocycles. The van der Waals surface area contributed by atoms with Crippen LogP contribution in [-0.2, 0) is 28.6 Å². The van der Waals surface area contributed by atoms with E-state index in [0.29, 0.717) is 19.3 Å². The van der Waals surface area contributed by atoms with Crippen molar-refractivity contribution in [3.63, 3.8) is 0 Å². The number of hydrogen-bond donors (Lipinski definition) is 0. The Balaban J connectivity index is 4.49. The lowest BCUT2D eigenvalue weighted by Gasteiger charge is -2.18. The third-order valence-electron chi connectivity index (χ3n) is 11.7. The van der Waals surface area contributed by atoms with Crippen LogP contribution >= 0.6 is 0 Å². The molecule has 0 aromatic carbocycles. The van der Waals surface area contributed by atoms with Crippen LogP contribution in [0.4, 0.5) is 0 Å². The number of hydrogen-bond acceptors (Lipinski definition) is 6. The van der Waals surface area contributed by atoms with Crippen LogP contribution in [0.25, 0.3) is 0 Å². The van der Waals surface area contributed by atoms with E-state index in [2.05, 4.69) is 130 Å². The molecule has 69 heavy (non-hydrogen) atoms. The van der Waals surface area contributed by atoms with Crippen LogP contribution in [0.15, 0.2) is 109 Å². The largest absolute Gasteiger partial charge is 0.462 e. The first-order valence-corrected chi connectivity index (χ1v) is 28.4. The fraction of sp³-hybridized carbons (Fsp3) is 0.667. The van der Waals surface area contributed by atoms with Gasteiger partial charge in [-0.2, -0.15) is 0 Å². The van der Waals surface area contributed by atoms with Gasteiger partial charge in [-0.15, -0.1) is 0 Å². The van der Waals surface area contributed by atoms with Crippen molar-refractivity contribution in [1.29, 1.82) is 0 Å². The molecule has 6 nitrogen and oxygen atoms in total. The summed E-state index contributed by atoms with van der Waals surface area (Å²) in [7, 11) is 0. The molecule has 0 aliphatic rings. The number of unbranched alkanes of at least 4 members (excludes halogenated alkanes) is 21. The van der Waals surface area contributed by atoms with Gasteiger partial charge >= 0.3 is 17.9 Å². The van der Waals surface area contributed by atoms with E-state index in [0.717, 1.165) is 135 Å². The van der Waals surface area contributed by atoms with Crippen molar-refractivity contribution in [3.8, 4) is 0 Å². The molecule has 0 aromatic heterocycles. The van der Waals surface area contributed by atoms with Gasteiger partial charge in [0.2, 0.25) is 0 Å². The molecule has 0 aromatic rings. The van der Waals surface area contributed by atoms with Crippen LogP contribution < -0.4 is 0 Å². The van der Waals surface area contributed by atoms with Gasteiger partial charge in [0.1, 0.15) is 13.2 Å². The Kier molecular flexibility index (Phi) is 53.4. The molecule has 0 spiro atoms. The number of esters is 3. The van der Waals surface area contributed by atoms with E-state index < -0.39 is 6.10 Å². The van der Waals surface area contributed by atoms with Crippen LogP contribution in [0.5, 0.6) is 0 Å². The first-order chi connectivity index (χ1) is 34.0. The van der Waals surface area contributed by atoms with E-state index in [-0.39, 0.29) is 31.1 Å². The van der Waals surface area contributed by atoms with Gasteiger partial charge < -0.3 is 14.2 Å². The number of carbonyl (C=O) groups is 3. The molecule has 0 fully saturated rings. The molecule has 0 aliphatic carbocycles. The van der Waals surface area contributed by atoms with Crippen molar-refractivity contribution in [2.45, 2.75) is 258 Å². The summed E-state index contributed by atoms with van der Waals surface area (Å²) in [6.45, 7) is 6.42. The first-order valence-electron chi connectivity index (χ1n) is 28.4. The predicted molar refractivity (Wildman–Crippen MR) is 297 cm³/mol. The lowest BCUT2D eigenvalue weighted by atomic mass is 10.1. The lowest BCUT2D eigenvalue weighted by Crippen LogP contribution is -2.30. The van der Waals surface area contributed by atoms with Gasteiger partial charge in [0.05, 0.1) is 0 Å². The number of allylic oxidation sites excluding steroid dienone is 18. The minimum atomic E-state index is -0.804. The maximum absolute atomic E-state index is 12.9. The van der Waals surface area contributed by atoms with Gasteiger partial charge in [0.25, 0.3) is 0 Å². The average Bonchev–Trinajstić information content (AvgIpc) is 3.35. The fourth-order valence-corrected chi connectivity index (χ4v) is 7.46. The zero-order chi connectivity index (χ0) is 50.0. The Hall–Kier alpha value is -3.93. The quantitative estimate of drug-likeness (QED) is 0.0262. The highest BCUT2D eigenvalue weighted by Gasteiger charge is 2.19. The Labute approximate surface area is 425 Å². The summed E-state index contributed by atoms with van der Waals surface area (Å²) in [6.07, 6.45) is 76.4. The summed E-state index contributed by atoms with van der Waals surface area (Å²) < 4.78 is 16.8. The van der Waals surface area contributed by atoms with Crippen LogP contribution in [-0.4, -0.2) is 37.2 Å². The minimum absolute atomic E-state index is 0.101. The molecular formula is C63H104O6. The van der Waals surface area contributed by atoms with E-state index in [4.69, 9.17) is 14.2 Å². The molecule has 0 rings (SSSR count). The third kappa shape index (κ3) is 54.9. The van der Waals surface area contributed by atoms with Gasteiger partial charge in [0.15, 0.2) is 6.10 Å². The van der Waals surface area contributed by atoms with Gasteiger partial charge in [-0.1, -0.05) is 220 Å². The second-order valence-electron chi connectivity index (χ2n) is 18.5. The highest BCUT2D eigenvalue weighted by molar-refractivity contribution is 5.71. The zero-order valence-corrected chi connectivity index (χ0v) is 44.8. The second kappa shape index (κ2) is 56.7. The van der Waals surface area contributed by atoms with Gasteiger partial charge in [-0.25, -0.2) is 0 Å². The molecule has 0 saturated heterocycles. The Morgan fingerprint density at radius 3 is 0.942 bits per heavy atom. The van der Waals surface area contributed by atoms with Crippen LogP contribution in [0.3, 0.4) is 0 Å². The van der Waals surface area contributed by atoms with Crippen molar-refractivity contribution in [3.05, 3.63) is 109 Å². The van der Waals surface area contributed by atoms with Crippen molar-refractivity contribution < 1.29 is 28.6 Å². The molecule has 1 unspecified atom stereocenters. The van der Waals surface area contributed by atoms with Crippen LogP contribution in [0.1, 0.15) is 252 Å². The van der Waals surface area contributed by atoms with E-state index >= 15 is 0 Å². The van der Waals surface area contributed by atoms with Crippen molar-refractivity contribution in [2.75, 3.05) is 13.2 Å². The summed E-state index contributed by atoms with van der Waals surface area (Å²) in [5.41, 5.74) is 0. The SMILES string of the molecule is CC/C=C\C/C=C\C/C=C\C/C=C\C/C=C\CCCCCC(=O)OCC(COC(=O)CCCCCCC/C=C\C/C=C\CCCC)OC(=O)CCCCCCCCC/C=C\C/C=C\CCCCCC. The molecule has 0 saturated carbocycles. The van der Waals surface area contributed by atoms with Crippen LogP contribution in [0, 0.1) is 0 Å². The van der Waals surface area contributed by atoms with E-state index in [9.17, 15) is 14.4 Å². The zero-order valence-electron chi connectivity index (χ0n) is 44.8. The van der Waals surface area contributed by atoms with E-state index in [1.165, 1.54) is 77.0 Å². The Bertz CT molecular complexity index is 1420. The van der Waals surface area contributed by atoms with E-state index in [1.807, 2.05) is 0 Å². The molecule has 0 amide bonds. The lowest BCUT2D eigenvalue weighted by molar-refractivity contribution is -0.167. The summed E-state index contributed by atoms with van der Waals surface area (Å²) in [5, 5.41) is 0. The Morgan fingerprint density at radius 1 is 0.304 bits per heavy atom. The average molecular weight is 958 g/mol. The summed E-state index contributed by atoms with van der Waals surface area (Å²) in [5.74, 6) is -0.955. The predicted octanol–water partition coefficient (Wildman–Crippen LogP) is 19.1. The summed E-state index contributed by atoms with van der Waals surface area (Å²) in [6, 6.07) is 0. The molecular weight excluding hydrogens is 853 g/mol. The van der Waals surface area contributed by atoms with Gasteiger partial charge in [-0.3, -0.25) is 14.4 Å². The van der Waals surface area contributed by atoms with Crippen LogP contribution in [0.2, 0.25) is 0 Å². The van der Waals surface area contributed by atoms with Crippen molar-refractivity contribution >= 4 is 17.9 Å². The molecule has 0 radical (unpaired) electrons. The summed E-state index contributed by atoms with van der Waals surface area (Å²) in [4.78, 5) is 38.1. The van der Waals surface area contributed by atoms with E-state index in [1.54, 1.807) is 0 Å². The standard InChI is InChI=1S/C63H104O6/c1-4-7-10-13-16-19-22-25-28-30-32-34-35-38-41-44-47-50-53-56-62(65)68-59-60(58-67-61(64)55-52-49-46-43-40-37-27-24-21-18-15-12-9-6-3)69-63(66)57-54-51-48-45-42-39-36-33-31-29-26-23-20-17-14-11-8-5-2/h7,10,15-16,18-20,23-25,27-29,31-32,34,38,41,60H,4-6,8-9,11-14,17,21-22,26,30,33,35-37,39-40,42-59H2,1-3H3/b10-7-,18-15-,19-16-,23-20-,27-24-,28-25-,31-29-,34-32-,41-38-. The topological polar surface area (TPSA) is 78.9 Å². The molecule has 1 atom stereocenters. The smallest absolute Gasteiger partial charge is 0.306 e. The van der Waals surface area contributed by atoms with Gasteiger partial charge in [0, 0.05) is 19.3 Å². The number of ether oxygens (including phenoxy) is 3. The maximum atomic E-state index is 12.9. The number of carbonyl (C=O) groups excluding carboxylic acids is 3. The Morgan fingerprint density at radius 2 is 0.580 bits per heavy atom. The van der Waals surface area contributed by atoms with Gasteiger partial charge in [-0.05, 0) is 122 Å². The highest BCUT2D eigenvalue weighted by atomic mass is 16.6. The molecule has 0 N–H and O–H groups in total. The molecule has 0 bridgehead atoms. The minimum Gasteiger partial charge on any atom is -0.462 e. The third-order valence-corrected chi connectivity index (χ3v) is 11.7. The maximum Gasteiger partial charge on any atom is 0.306 e. The molecule has 392 valence electrons. The van der Waals surface area contributed by atoms with Crippen molar-refractivity contribution in [2.24, 2.45) is 0 Å². The first kappa shape index (κ1) is 65.1. The number of rotatable bonds is 50. The monoisotopic (exact) mass is 957 g/mol. The van der Waals surface area contributed by atoms with Crippen molar-refractivity contribution in [1.82, 2.24) is 0 Å².